The zero-order valence-corrected chi connectivity index (χ0v) is 14.0. The maximum atomic E-state index is 12.2. The zero-order chi connectivity index (χ0) is 17.9. The normalized spacial score (nSPS) is 12.6. The van der Waals surface area contributed by atoms with Crippen molar-refractivity contribution in [3.63, 3.8) is 0 Å². The molecule has 1 aromatic heterocycles. The summed E-state index contributed by atoms with van der Waals surface area (Å²) in [5.74, 6) is -1.52. The van der Waals surface area contributed by atoms with E-state index in [9.17, 15) is 23.4 Å². The highest BCUT2D eigenvalue weighted by Gasteiger charge is 2.23. The van der Waals surface area contributed by atoms with E-state index < -0.39 is 39.6 Å². The molecule has 2 aromatic rings. The van der Waals surface area contributed by atoms with Crippen molar-refractivity contribution in [2.45, 2.75) is 17.9 Å². The first kappa shape index (κ1) is 18.0. The van der Waals surface area contributed by atoms with Gasteiger partial charge in [-0.2, -0.15) is 0 Å². The third kappa shape index (κ3) is 4.33. The number of benzene rings is 1. The molecule has 1 unspecified atom stereocenters. The summed E-state index contributed by atoms with van der Waals surface area (Å²) in [7, 11) is -3.70. The molecular weight excluding hydrogens is 362 g/mol. The molecule has 0 fully saturated rings. The average Bonchev–Trinajstić information content (AvgIpc) is 2.78. The van der Waals surface area contributed by atoms with Crippen molar-refractivity contribution in [3.8, 4) is 11.8 Å². The standard InChI is InChI=1S/C14H14ClNO7S/c1-9(8-24(20,21)11-4-2-10(15)3-5-11)22-14(19)23-16-12(17)6-7-13(16)18/h2-7,9,17-18H,8H2,1H3. The maximum absolute atomic E-state index is 12.2. The SMILES string of the molecule is CC(CS(=O)(=O)c1ccc(Cl)cc1)OC(=O)On1c(O)ccc1O. The van der Waals surface area contributed by atoms with Gasteiger partial charge in [-0.05, 0) is 31.2 Å². The van der Waals surface area contributed by atoms with Crippen molar-refractivity contribution in [1.82, 2.24) is 4.73 Å². The predicted molar refractivity (Wildman–Crippen MR) is 83.8 cm³/mol. The summed E-state index contributed by atoms with van der Waals surface area (Å²) in [6.07, 6.45) is -2.31. The van der Waals surface area contributed by atoms with Gasteiger partial charge >= 0.3 is 6.16 Å². The van der Waals surface area contributed by atoms with Gasteiger partial charge in [0, 0.05) is 17.2 Å². The van der Waals surface area contributed by atoms with Crippen molar-refractivity contribution in [1.29, 1.82) is 0 Å². The average molecular weight is 376 g/mol. The third-order valence-electron chi connectivity index (χ3n) is 2.89. The van der Waals surface area contributed by atoms with Crippen LogP contribution >= 0.6 is 11.6 Å². The lowest BCUT2D eigenvalue weighted by molar-refractivity contribution is 0.0192. The highest BCUT2D eigenvalue weighted by Crippen LogP contribution is 2.19. The number of aromatic hydroxyl groups is 2. The van der Waals surface area contributed by atoms with Gasteiger partial charge in [0.1, 0.15) is 6.10 Å². The van der Waals surface area contributed by atoms with Crippen LogP contribution in [-0.2, 0) is 14.6 Å². The Kier molecular flexibility index (Phi) is 5.25. The summed E-state index contributed by atoms with van der Waals surface area (Å²) in [6.45, 7) is 1.37. The molecular formula is C14H14ClNO7S. The van der Waals surface area contributed by atoms with Crippen LogP contribution in [0.25, 0.3) is 0 Å². The second-order valence-electron chi connectivity index (χ2n) is 4.85. The van der Waals surface area contributed by atoms with Gasteiger partial charge in [0.15, 0.2) is 9.84 Å². The number of ether oxygens (including phenoxy) is 1. The molecule has 0 bridgehead atoms. The number of carbonyl (C=O) groups excluding carboxylic acids is 1. The largest absolute Gasteiger partial charge is 0.534 e. The Labute approximate surface area is 142 Å². The molecule has 0 radical (unpaired) electrons. The van der Waals surface area contributed by atoms with Crippen molar-refractivity contribution in [2.24, 2.45) is 0 Å². The first-order valence-electron chi connectivity index (χ1n) is 6.66. The van der Waals surface area contributed by atoms with Gasteiger partial charge in [0.2, 0.25) is 11.8 Å². The Morgan fingerprint density at radius 1 is 1.17 bits per heavy atom. The molecule has 0 saturated heterocycles. The third-order valence-corrected chi connectivity index (χ3v) is 5.04. The maximum Gasteiger partial charge on any atom is 0.534 e. The molecule has 0 aliphatic rings. The Hall–Kier alpha value is -2.39. The van der Waals surface area contributed by atoms with Gasteiger partial charge in [-0.3, -0.25) is 4.84 Å². The van der Waals surface area contributed by atoms with Gasteiger partial charge in [-0.15, -0.1) is 4.73 Å². The van der Waals surface area contributed by atoms with Crippen LogP contribution in [0.4, 0.5) is 4.79 Å². The van der Waals surface area contributed by atoms with Crippen LogP contribution in [0, 0.1) is 0 Å². The van der Waals surface area contributed by atoms with Gasteiger partial charge in [-0.1, -0.05) is 11.6 Å². The molecule has 10 heteroatoms. The van der Waals surface area contributed by atoms with Crippen LogP contribution in [0.1, 0.15) is 6.92 Å². The topological polar surface area (TPSA) is 115 Å². The predicted octanol–water partition coefficient (Wildman–Crippen LogP) is 1.98. The fraction of sp³-hybridized carbons (Fsp3) is 0.214. The van der Waals surface area contributed by atoms with E-state index in [0.717, 1.165) is 12.1 Å². The minimum Gasteiger partial charge on any atom is -0.492 e. The summed E-state index contributed by atoms with van der Waals surface area (Å²) < 4.78 is 29.6. The second-order valence-corrected chi connectivity index (χ2v) is 7.32. The van der Waals surface area contributed by atoms with Crippen LogP contribution in [0.5, 0.6) is 11.8 Å². The summed E-state index contributed by atoms with van der Waals surface area (Å²) in [5.41, 5.74) is 0. The molecule has 130 valence electrons. The van der Waals surface area contributed by atoms with E-state index >= 15 is 0 Å². The molecule has 1 atom stereocenters. The van der Waals surface area contributed by atoms with Gasteiger partial charge in [0.05, 0.1) is 10.6 Å². The number of sulfone groups is 1. The van der Waals surface area contributed by atoms with E-state index in [1.54, 1.807) is 0 Å². The van der Waals surface area contributed by atoms with E-state index in [2.05, 4.69) is 4.84 Å². The number of carbonyl (C=O) groups is 1. The Morgan fingerprint density at radius 2 is 1.71 bits per heavy atom. The lowest BCUT2D eigenvalue weighted by Gasteiger charge is -2.14. The summed E-state index contributed by atoms with van der Waals surface area (Å²) in [4.78, 5) is 16.2. The van der Waals surface area contributed by atoms with Crippen molar-refractivity contribution < 1.29 is 33.0 Å². The van der Waals surface area contributed by atoms with Gasteiger partial charge in [-0.25, -0.2) is 13.2 Å². The van der Waals surface area contributed by atoms with E-state index in [-0.39, 0.29) is 4.90 Å². The van der Waals surface area contributed by atoms with Crippen molar-refractivity contribution in [2.75, 3.05) is 5.75 Å². The molecule has 1 heterocycles. The van der Waals surface area contributed by atoms with Crippen molar-refractivity contribution in [3.05, 3.63) is 41.4 Å². The van der Waals surface area contributed by atoms with Crippen molar-refractivity contribution >= 4 is 27.6 Å². The molecule has 2 N–H and O–H groups in total. The minimum atomic E-state index is -3.70. The van der Waals surface area contributed by atoms with Crippen LogP contribution in [0.3, 0.4) is 0 Å². The Balaban J connectivity index is 1.98. The fourth-order valence-corrected chi connectivity index (χ4v) is 3.39. The van der Waals surface area contributed by atoms with E-state index in [1.165, 1.54) is 31.2 Å². The summed E-state index contributed by atoms with van der Waals surface area (Å²) in [6, 6.07) is 7.75. The highest BCUT2D eigenvalue weighted by molar-refractivity contribution is 7.91. The smallest absolute Gasteiger partial charge is 0.492 e. The zero-order valence-electron chi connectivity index (χ0n) is 12.4. The first-order valence-corrected chi connectivity index (χ1v) is 8.69. The van der Waals surface area contributed by atoms with Gasteiger partial charge in [0.25, 0.3) is 0 Å². The quantitative estimate of drug-likeness (QED) is 0.767. The first-order chi connectivity index (χ1) is 11.2. The number of hydrogen-bond donors (Lipinski definition) is 2. The Morgan fingerprint density at radius 3 is 2.25 bits per heavy atom. The van der Waals surface area contributed by atoms with Gasteiger partial charge < -0.3 is 14.9 Å². The summed E-state index contributed by atoms with van der Waals surface area (Å²) >= 11 is 5.71. The fourth-order valence-electron chi connectivity index (χ4n) is 1.84. The molecule has 24 heavy (non-hydrogen) atoms. The van der Waals surface area contributed by atoms with E-state index in [4.69, 9.17) is 16.3 Å². The molecule has 2 rings (SSSR count). The monoisotopic (exact) mass is 375 g/mol. The molecule has 1 aromatic carbocycles. The number of halogens is 1. The van der Waals surface area contributed by atoms with Crippen LogP contribution in [0.15, 0.2) is 41.3 Å². The van der Waals surface area contributed by atoms with E-state index in [1.807, 2.05) is 0 Å². The minimum absolute atomic E-state index is 0.0383. The molecule has 0 spiro atoms. The molecule has 0 aliphatic heterocycles. The number of hydrogen-bond acceptors (Lipinski definition) is 7. The van der Waals surface area contributed by atoms with E-state index in [0.29, 0.717) is 9.75 Å². The van der Waals surface area contributed by atoms with Crippen LogP contribution < -0.4 is 4.84 Å². The molecule has 0 aliphatic carbocycles. The number of nitrogens with zero attached hydrogens (tertiary/aromatic N) is 1. The molecule has 8 nitrogen and oxygen atoms in total. The van der Waals surface area contributed by atoms with Crippen LogP contribution in [0.2, 0.25) is 5.02 Å². The number of rotatable bonds is 5. The summed E-state index contributed by atoms with van der Waals surface area (Å²) in [5, 5.41) is 19.1. The number of aromatic nitrogens is 1. The lowest BCUT2D eigenvalue weighted by Crippen LogP contribution is -2.28. The molecule has 0 saturated carbocycles. The lowest BCUT2D eigenvalue weighted by atomic mass is 10.4. The molecule has 0 amide bonds. The Bertz CT molecular complexity index is 810. The highest BCUT2D eigenvalue weighted by atomic mass is 35.5. The van der Waals surface area contributed by atoms with Crippen LogP contribution in [-0.4, -0.2) is 41.4 Å². The second kappa shape index (κ2) is 7.02.